The number of aromatic nitrogens is 1. The minimum Gasteiger partial charge on any atom is -0.481 e. The van der Waals surface area contributed by atoms with E-state index in [9.17, 15) is 26.7 Å². The van der Waals surface area contributed by atoms with Gasteiger partial charge in [-0.05, 0) is 6.92 Å². The molecular formula is C11H10F5NO4. The maximum absolute atomic E-state index is 13.0. The number of nitrogens with zero attached hydrogens (tertiary/aromatic N) is 1. The van der Waals surface area contributed by atoms with E-state index in [2.05, 4.69) is 19.2 Å². The molecule has 0 unspecified atom stereocenters. The summed E-state index contributed by atoms with van der Waals surface area (Å²) < 4.78 is 75.1. The summed E-state index contributed by atoms with van der Waals surface area (Å²) in [6.45, 7) is 1.26. The quantitative estimate of drug-likeness (QED) is 0.617. The van der Waals surface area contributed by atoms with Crippen LogP contribution in [0.3, 0.4) is 0 Å². The molecule has 1 aromatic heterocycles. The molecule has 0 aliphatic heterocycles. The number of rotatable bonds is 5. The van der Waals surface area contributed by atoms with Crippen molar-refractivity contribution in [1.29, 1.82) is 0 Å². The van der Waals surface area contributed by atoms with Crippen LogP contribution < -0.4 is 9.47 Å². The van der Waals surface area contributed by atoms with Crippen LogP contribution in [-0.2, 0) is 4.74 Å². The smallest absolute Gasteiger partial charge is 0.481 e. The molecule has 0 saturated carbocycles. The second kappa shape index (κ2) is 6.55. The average molecular weight is 315 g/mol. The fourth-order valence-corrected chi connectivity index (χ4v) is 1.39. The predicted octanol–water partition coefficient (Wildman–Crippen LogP) is 3.10. The van der Waals surface area contributed by atoms with Crippen LogP contribution in [0.15, 0.2) is 6.07 Å². The van der Waals surface area contributed by atoms with E-state index in [4.69, 9.17) is 0 Å². The third-order valence-electron chi connectivity index (χ3n) is 2.14. The predicted molar refractivity (Wildman–Crippen MR) is 58.4 cm³/mol. The number of alkyl halides is 5. The van der Waals surface area contributed by atoms with Crippen molar-refractivity contribution < 1.29 is 41.0 Å². The molecule has 0 aromatic carbocycles. The molecule has 10 heteroatoms. The van der Waals surface area contributed by atoms with Crippen LogP contribution in [0.1, 0.15) is 29.3 Å². The topological polar surface area (TPSA) is 57.7 Å². The van der Waals surface area contributed by atoms with Crippen molar-refractivity contribution in [3.63, 3.8) is 0 Å². The highest BCUT2D eigenvalue weighted by Gasteiger charge is 2.36. The Morgan fingerprint density at radius 3 is 2.43 bits per heavy atom. The highest BCUT2D eigenvalue weighted by atomic mass is 19.4. The molecule has 0 aliphatic rings. The maximum atomic E-state index is 13.0. The average Bonchev–Trinajstić information content (AvgIpc) is 2.35. The molecule has 1 rings (SSSR count). The van der Waals surface area contributed by atoms with Gasteiger partial charge in [-0.25, -0.2) is 13.6 Å². The highest BCUT2D eigenvalue weighted by molar-refractivity contribution is 5.92. The molecule has 0 atom stereocenters. The summed E-state index contributed by atoms with van der Waals surface area (Å²) in [4.78, 5) is 14.7. The first-order valence-electron chi connectivity index (χ1n) is 5.49. The van der Waals surface area contributed by atoms with Crippen LogP contribution in [0.4, 0.5) is 22.0 Å². The lowest BCUT2D eigenvalue weighted by Gasteiger charge is -2.15. The van der Waals surface area contributed by atoms with E-state index in [1.165, 1.54) is 6.92 Å². The molecule has 0 fully saturated rings. The monoisotopic (exact) mass is 315 g/mol. The van der Waals surface area contributed by atoms with Gasteiger partial charge in [0, 0.05) is 6.07 Å². The van der Waals surface area contributed by atoms with Gasteiger partial charge in [-0.15, -0.1) is 13.2 Å². The van der Waals surface area contributed by atoms with Gasteiger partial charge in [-0.3, -0.25) is 0 Å². The Hall–Kier alpha value is -2.13. The van der Waals surface area contributed by atoms with E-state index in [-0.39, 0.29) is 6.61 Å². The van der Waals surface area contributed by atoms with Gasteiger partial charge in [0.1, 0.15) is 0 Å². The number of hydrogen-bond donors (Lipinski definition) is 0. The van der Waals surface area contributed by atoms with Crippen molar-refractivity contribution in [3.8, 4) is 11.8 Å². The Balaban J connectivity index is 3.46. The van der Waals surface area contributed by atoms with Gasteiger partial charge in [0.2, 0.25) is 11.8 Å². The Kier molecular flexibility index (Phi) is 5.28. The normalized spacial score (nSPS) is 11.4. The molecule has 1 aromatic rings. The minimum atomic E-state index is -5.26. The molecule has 0 bridgehead atoms. The lowest BCUT2D eigenvalue weighted by Crippen LogP contribution is -2.21. The number of ether oxygens (including phenoxy) is 3. The van der Waals surface area contributed by atoms with Gasteiger partial charge in [-0.1, -0.05) is 0 Å². The van der Waals surface area contributed by atoms with Crippen molar-refractivity contribution in [2.75, 3.05) is 13.7 Å². The number of halogens is 5. The Labute approximate surface area is 115 Å². The number of esters is 1. The summed E-state index contributed by atoms with van der Waals surface area (Å²) in [7, 11) is 1.04. The number of carbonyl (C=O) groups excluding carboxylic acids is 1. The minimum absolute atomic E-state index is 0.151. The number of pyridine rings is 1. The maximum Gasteiger partial charge on any atom is 0.574 e. The van der Waals surface area contributed by atoms with Gasteiger partial charge in [0.15, 0.2) is 0 Å². The van der Waals surface area contributed by atoms with Crippen LogP contribution in [0.25, 0.3) is 0 Å². The van der Waals surface area contributed by atoms with E-state index in [0.717, 1.165) is 13.2 Å². The van der Waals surface area contributed by atoms with Crippen molar-refractivity contribution in [2.45, 2.75) is 19.7 Å². The van der Waals surface area contributed by atoms with Gasteiger partial charge < -0.3 is 14.2 Å². The Morgan fingerprint density at radius 2 is 2.00 bits per heavy atom. The van der Waals surface area contributed by atoms with Crippen LogP contribution in [-0.4, -0.2) is 31.0 Å². The first-order valence-corrected chi connectivity index (χ1v) is 5.49. The molecule has 0 N–H and O–H groups in total. The van der Waals surface area contributed by atoms with Gasteiger partial charge in [0.05, 0.1) is 24.8 Å². The van der Waals surface area contributed by atoms with Crippen molar-refractivity contribution >= 4 is 5.97 Å². The third-order valence-corrected chi connectivity index (χ3v) is 2.14. The van der Waals surface area contributed by atoms with E-state index in [0.29, 0.717) is 0 Å². The zero-order valence-electron chi connectivity index (χ0n) is 10.8. The second-order valence-corrected chi connectivity index (χ2v) is 3.50. The third kappa shape index (κ3) is 4.43. The summed E-state index contributed by atoms with van der Waals surface area (Å²) >= 11 is 0. The summed E-state index contributed by atoms with van der Waals surface area (Å²) in [6, 6.07) is 0.753. The summed E-state index contributed by atoms with van der Waals surface area (Å²) in [5.74, 6) is -3.19. The molecule has 0 radical (unpaired) electrons. The van der Waals surface area contributed by atoms with Gasteiger partial charge in [0.25, 0.3) is 6.43 Å². The van der Waals surface area contributed by atoms with E-state index in [1.807, 2.05) is 0 Å². The number of methoxy groups -OCH3 is 1. The van der Waals surface area contributed by atoms with E-state index < -0.39 is 41.6 Å². The number of hydrogen-bond acceptors (Lipinski definition) is 5. The molecule has 1 heterocycles. The Morgan fingerprint density at radius 1 is 1.38 bits per heavy atom. The van der Waals surface area contributed by atoms with Crippen molar-refractivity contribution in [3.05, 3.63) is 17.2 Å². The first kappa shape index (κ1) is 16.9. The van der Waals surface area contributed by atoms with E-state index in [1.54, 1.807) is 0 Å². The molecule has 5 nitrogen and oxygen atoms in total. The molecule has 0 amide bonds. The van der Waals surface area contributed by atoms with Crippen molar-refractivity contribution in [2.24, 2.45) is 0 Å². The fourth-order valence-electron chi connectivity index (χ4n) is 1.39. The summed E-state index contributed by atoms with van der Waals surface area (Å²) in [5, 5.41) is 0. The van der Waals surface area contributed by atoms with Gasteiger partial charge in [-0.2, -0.15) is 4.98 Å². The molecular weight excluding hydrogens is 305 g/mol. The molecule has 21 heavy (non-hydrogen) atoms. The zero-order chi connectivity index (χ0) is 16.2. The summed E-state index contributed by atoms with van der Waals surface area (Å²) in [6.07, 6.45) is -8.69. The lowest BCUT2D eigenvalue weighted by molar-refractivity contribution is -0.276. The Bertz CT molecular complexity index is 518. The van der Waals surface area contributed by atoms with Crippen LogP contribution in [0, 0.1) is 0 Å². The second-order valence-electron chi connectivity index (χ2n) is 3.50. The first-order chi connectivity index (χ1) is 9.69. The van der Waals surface area contributed by atoms with Crippen molar-refractivity contribution in [1.82, 2.24) is 4.98 Å². The molecule has 0 saturated heterocycles. The molecule has 118 valence electrons. The fraction of sp³-hybridized carbons (Fsp3) is 0.455. The van der Waals surface area contributed by atoms with Crippen LogP contribution in [0.2, 0.25) is 0 Å². The highest BCUT2D eigenvalue weighted by Crippen LogP contribution is 2.36. The van der Waals surface area contributed by atoms with E-state index >= 15 is 0 Å². The standard InChI is InChI=1S/C11H10F5NO4/c1-3-20-10(18)5-4-6(19-2)17-9(7(5)8(12)13)21-11(14,15)16/h4,8H,3H2,1-2H3. The SMILES string of the molecule is CCOC(=O)c1cc(OC)nc(OC(F)(F)F)c1C(F)F. The lowest BCUT2D eigenvalue weighted by atomic mass is 10.1. The molecule has 0 spiro atoms. The van der Waals surface area contributed by atoms with Crippen LogP contribution in [0.5, 0.6) is 11.8 Å². The summed E-state index contributed by atoms with van der Waals surface area (Å²) in [5.41, 5.74) is -2.12. The number of carbonyl (C=O) groups is 1. The van der Waals surface area contributed by atoms with Gasteiger partial charge >= 0.3 is 12.3 Å². The van der Waals surface area contributed by atoms with Crippen LogP contribution >= 0.6 is 0 Å². The molecule has 0 aliphatic carbocycles. The largest absolute Gasteiger partial charge is 0.574 e. The zero-order valence-corrected chi connectivity index (χ0v) is 10.8.